The summed E-state index contributed by atoms with van der Waals surface area (Å²) in [5.74, 6) is -0.701. The van der Waals surface area contributed by atoms with Crippen LogP contribution >= 0.6 is 27.5 Å². The molecule has 2 rings (SSSR count). The topological polar surface area (TPSA) is 12.0 Å². The molecular formula is C15H13BrClF2N. The predicted octanol–water partition coefficient (Wildman–Crippen LogP) is 5.94. The van der Waals surface area contributed by atoms with Crippen molar-refractivity contribution >= 4 is 33.2 Å². The minimum atomic E-state index is -0.425. The lowest BCUT2D eigenvalue weighted by atomic mass is 10.0. The molecule has 0 saturated heterocycles. The van der Waals surface area contributed by atoms with Gasteiger partial charge in [0.1, 0.15) is 11.6 Å². The van der Waals surface area contributed by atoms with E-state index in [1.54, 1.807) is 18.2 Å². The van der Waals surface area contributed by atoms with E-state index in [-0.39, 0.29) is 16.9 Å². The van der Waals surface area contributed by atoms with Gasteiger partial charge in [0.25, 0.3) is 0 Å². The summed E-state index contributed by atoms with van der Waals surface area (Å²) in [5.41, 5.74) is 1.12. The third-order valence-electron chi connectivity index (χ3n) is 3.01. The molecule has 2 aromatic rings. The fourth-order valence-electron chi connectivity index (χ4n) is 2.01. The van der Waals surface area contributed by atoms with E-state index in [4.69, 9.17) is 11.6 Å². The Morgan fingerprint density at radius 1 is 1.25 bits per heavy atom. The molecule has 1 nitrogen and oxygen atoms in total. The maximum Gasteiger partial charge on any atom is 0.128 e. The van der Waals surface area contributed by atoms with Crippen molar-refractivity contribution < 1.29 is 8.78 Å². The van der Waals surface area contributed by atoms with E-state index in [0.29, 0.717) is 22.1 Å². The van der Waals surface area contributed by atoms with Crippen LogP contribution < -0.4 is 5.32 Å². The molecule has 0 spiro atoms. The molecule has 0 aliphatic rings. The number of hydrogen-bond donors (Lipinski definition) is 1. The molecule has 0 radical (unpaired) electrons. The molecule has 0 saturated carbocycles. The van der Waals surface area contributed by atoms with Gasteiger partial charge < -0.3 is 5.32 Å². The maximum absolute atomic E-state index is 13.8. The summed E-state index contributed by atoms with van der Waals surface area (Å²) in [6, 6.07) is 8.87. The Labute approximate surface area is 130 Å². The summed E-state index contributed by atoms with van der Waals surface area (Å²) in [5, 5.41) is 3.42. The molecule has 2 aromatic carbocycles. The van der Waals surface area contributed by atoms with E-state index in [0.717, 1.165) is 0 Å². The van der Waals surface area contributed by atoms with Crippen LogP contribution in [0.4, 0.5) is 14.5 Å². The van der Waals surface area contributed by atoms with Crippen LogP contribution in [0.5, 0.6) is 0 Å². The summed E-state index contributed by atoms with van der Waals surface area (Å²) in [4.78, 5) is 0. The predicted molar refractivity (Wildman–Crippen MR) is 82.2 cm³/mol. The number of benzene rings is 2. The van der Waals surface area contributed by atoms with Crippen LogP contribution in [0.1, 0.15) is 24.9 Å². The van der Waals surface area contributed by atoms with E-state index in [1.807, 2.05) is 6.92 Å². The van der Waals surface area contributed by atoms with Gasteiger partial charge >= 0.3 is 0 Å². The highest BCUT2D eigenvalue weighted by atomic mass is 79.9. The Hall–Kier alpha value is -1.13. The highest BCUT2D eigenvalue weighted by molar-refractivity contribution is 9.10. The third kappa shape index (κ3) is 3.30. The van der Waals surface area contributed by atoms with Gasteiger partial charge in [0.2, 0.25) is 0 Å². The van der Waals surface area contributed by atoms with Gasteiger partial charge in [0.15, 0.2) is 0 Å². The van der Waals surface area contributed by atoms with E-state index in [1.165, 1.54) is 18.2 Å². The molecule has 0 aliphatic heterocycles. The Morgan fingerprint density at radius 3 is 2.55 bits per heavy atom. The SMILES string of the molecule is CCC(Nc1c(Cl)cc(F)cc1Br)c1ccccc1F. The number of rotatable bonds is 4. The van der Waals surface area contributed by atoms with Crippen LogP contribution in [0.15, 0.2) is 40.9 Å². The second-order valence-electron chi connectivity index (χ2n) is 4.37. The molecule has 0 aliphatic carbocycles. The van der Waals surface area contributed by atoms with Gasteiger partial charge in [0.05, 0.1) is 16.8 Å². The third-order valence-corrected chi connectivity index (χ3v) is 3.94. The van der Waals surface area contributed by atoms with Gasteiger partial charge in [-0.15, -0.1) is 0 Å². The summed E-state index contributed by atoms with van der Waals surface area (Å²) >= 11 is 9.30. The number of anilines is 1. The van der Waals surface area contributed by atoms with Crippen LogP contribution in [0.3, 0.4) is 0 Å². The Balaban J connectivity index is 2.35. The fraction of sp³-hybridized carbons (Fsp3) is 0.200. The minimum Gasteiger partial charge on any atom is -0.376 e. The Morgan fingerprint density at radius 2 is 1.95 bits per heavy atom. The maximum atomic E-state index is 13.8. The zero-order valence-corrected chi connectivity index (χ0v) is 13.1. The first kappa shape index (κ1) is 15.3. The lowest BCUT2D eigenvalue weighted by Crippen LogP contribution is -2.12. The molecule has 0 amide bonds. The van der Waals surface area contributed by atoms with Crippen LogP contribution in [0, 0.1) is 11.6 Å². The standard InChI is InChI=1S/C15H13BrClF2N/c1-2-14(10-5-3-4-6-13(10)19)20-15-11(16)7-9(18)8-12(15)17/h3-8,14,20H,2H2,1H3. The van der Waals surface area contributed by atoms with Crippen molar-refractivity contribution in [3.05, 3.63) is 63.1 Å². The number of halogens is 4. The summed E-state index contributed by atoms with van der Waals surface area (Å²) in [6.45, 7) is 1.94. The number of nitrogens with one attached hydrogen (secondary N) is 1. The molecule has 0 bridgehead atoms. The van der Waals surface area contributed by atoms with Crippen LogP contribution in [-0.4, -0.2) is 0 Å². The van der Waals surface area contributed by atoms with Crippen molar-refractivity contribution in [2.45, 2.75) is 19.4 Å². The van der Waals surface area contributed by atoms with Crippen molar-refractivity contribution in [1.29, 1.82) is 0 Å². The van der Waals surface area contributed by atoms with Crippen LogP contribution in [0.2, 0.25) is 5.02 Å². The van der Waals surface area contributed by atoms with Gasteiger partial charge in [0, 0.05) is 10.0 Å². The molecule has 1 N–H and O–H groups in total. The van der Waals surface area contributed by atoms with Gasteiger partial charge in [-0.2, -0.15) is 0 Å². The minimum absolute atomic E-state index is 0.240. The quantitative estimate of drug-likeness (QED) is 0.711. The smallest absolute Gasteiger partial charge is 0.128 e. The first-order chi connectivity index (χ1) is 9.52. The van der Waals surface area contributed by atoms with Crippen molar-refractivity contribution in [3.63, 3.8) is 0 Å². The van der Waals surface area contributed by atoms with Crippen LogP contribution in [0.25, 0.3) is 0 Å². The molecule has 106 valence electrons. The Kier molecular flexibility index (Phi) is 5.00. The molecular weight excluding hydrogens is 348 g/mol. The largest absolute Gasteiger partial charge is 0.376 e. The van der Waals surface area contributed by atoms with E-state index < -0.39 is 5.82 Å². The van der Waals surface area contributed by atoms with Crippen molar-refractivity contribution in [2.24, 2.45) is 0 Å². The second kappa shape index (κ2) is 6.55. The highest BCUT2D eigenvalue weighted by Crippen LogP contribution is 2.35. The van der Waals surface area contributed by atoms with Crippen molar-refractivity contribution in [1.82, 2.24) is 0 Å². The van der Waals surface area contributed by atoms with Gasteiger partial charge in [-0.3, -0.25) is 0 Å². The van der Waals surface area contributed by atoms with Crippen LogP contribution in [-0.2, 0) is 0 Å². The van der Waals surface area contributed by atoms with Gasteiger partial charge in [-0.25, -0.2) is 8.78 Å². The lowest BCUT2D eigenvalue weighted by molar-refractivity contribution is 0.587. The Bertz CT molecular complexity index is 596. The molecule has 20 heavy (non-hydrogen) atoms. The molecule has 1 unspecified atom stereocenters. The van der Waals surface area contributed by atoms with Crippen molar-refractivity contribution in [3.8, 4) is 0 Å². The summed E-state index contributed by atoms with van der Waals surface area (Å²) in [6.07, 6.45) is 0.668. The summed E-state index contributed by atoms with van der Waals surface area (Å²) in [7, 11) is 0. The average Bonchev–Trinajstić information content (AvgIpc) is 2.39. The highest BCUT2D eigenvalue weighted by Gasteiger charge is 2.16. The lowest BCUT2D eigenvalue weighted by Gasteiger charge is -2.21. The summed E-state index contributed by atoms with van der Waals surface area (Å²) < 4.78 is 27.6. The molecule has 0 heterocycles. The molecule has 1 atom stereocenters. The monoisotopic (exact) mass is 359 g/mol. The first-order valence-electron chi connectivity index (χ1n) is 6.18. The molecule has 5 heteroatoms. The average molecular weight is 361 g/mol. The zero-order valence-electron chi connectivity index (χ0n) is 10.8. The van der Waals surface area contributed by atoms with Crippen molar-refractivity contribution in [2.75, 3.05) is 5.32 Å². The van der Waals surface area contributed by atoms with Gasteiger partial charge in [-0.05, 0) is 40.5 Å². The molecule has 0 aromatic heterocycles. The van der Waals surface area contributed by atoms with E-state index in [2.05, 4.69) is 21.2 Å². The second-order valence-corrected chi connectivity index (χ2v) is 5.63. The zero-order chi connectivity index (χ0) is 14.7. The normalized spacial score (nSPS) is 12.2. The van der Waals surface area contributed by atoms with Gasteiger partial charge in [-0.1, -0.05) is 36.7 Å². The fourth-order valence-corrected chi connectivity index (χ4v) is 2.93. The van der Waals surface area contributed by atoms with E-state index in [9.17, 15) is 8.78 Å². The number of hydrogen-bond acceptors (Lipinski definition) is 1. The first-order valence-corrected chi connectivity index (χ1v) is 7.35. The molecule has 0 fully saturated rings. The van der Waals surface area contributed by atoms with E-state index >= 15 is 0 Å².